The molecule has 2 atom stereocenters. The van der Waals surface area contributed by atoms with Crippen LogP contribution >= 0.6 is 0 Å². The Bertz CT molecular complexity index is 163. The molecule has 0 amide bonds. The summed E-state index contributed by atoms with van der Waals surface area (Å²) in [4.78, 5) is 10.4. The van der Waals surface area contributed by atoms with E-state index in [-0.39, 0.29) is 0 Å². The van der Waals surface area contributed by atoms with Crippen LogP contribution in [0.25, 0.3) is 0 Å². The summed E-state index contributed by atoms with van der Waals surface area (Å²) >= 11 is 0. The fraction of sp³-hybridized carbons (Fsp3) is 0.889. The fourth-order valence-electron chi connectivity index (χ4n) is 1.20. The first-order valence-electron chi connectivity index (χ1n) is 4.58. The van der Waals surface area contributed by atoms with Crippen LogP contribution in [0.2, 0.25) is 0 Å². The number of carboxylic acid groups (broad SMARTS) is 1. The molecule has 1 fully saturated rings. The molecule has 1 heterocycles. The summed E-state index contributed by atoms with van der Waals surface area (Å²) in [5, 5.41) is 8.57. The van der Waals surface area contributed by atoms with Crippen molar-refractivity contribution in [3.63, 3.8) is 0 Å². The van der Waals surface area contributed by atoms with Gasteiger partial charge in [0.2, 0.25) is 0 Å². The predicted molar refractivity (Wildman–Crippen MR) is 46.5 cm³/mol. The van der Waals surface area contributed by atoms with Gasteiger partial charge >= 0.3 is 5.97 Å². The minimum atomic E-state index is -0.803. The average Bonchev–Trinajstić information content (AvgIpc) is 2.56. The number of rotatable bonds is 5. The Morgan fingerprint density at radius 3 is 3.08 bits per heavy atom. The van der Waals surface area contributed by atoms with Gasteiger partial charge in [0.05, 0.1) is 25.7 Å². The summed E-state index contributed by atoms with van der Waals surface area (Å²) in [7, 11) is 0. The molecule has 1 rings (SSSR count). The van der Waals surface area contributed by atoms with Crippen molar-refractivity contribution in [2.45, 2.75) is 13.3 Å². The Morgan fingerprint density at radius 1 is 1.77 bits per heavy atom. The molecular weight excluding hydrogens is 172 g/mol. The van der Waals surface area contributed by atoms with E-state index in [9.17, 15) is 4.79 Å². The molecule has 2 unspecified atom stereocenters. The van der Waals surface area contributed by atoms with E-state index >= 15 is 0 Å². The minimum absolute atomic E-state index is 0.297. The number of ether oxygens (including phenoxy) is 2. The van der Waals surface area contributed by atoms with Crippen LogP contribution in [0.1, 0.15) is 13.3 Å². The van der Waals surface area contributed by atoms with Gasteiger partial charge in [-0.3, -0.25) is 4.79 Å². The van der Waals surface area contributed by atoms with Crippen molar-refractivity contribution in [2.75, 3.05) is 26.4 Å². The van der Waals surface area contributed by atoms with Crippen molar-refractivity contribution in [2.24, 2.45) is 11.8 Å². The Labute approximate surface area is 77.8 Å². The molecule has 1 aliphatic heterocycles. The lowest BCUT2D eigenvalue weighted by Gasteiger charge is -2.10. The Kier molecular flexibility index (Phi) is 4.18. The van der Waals surface area contributed by atoms with Crippen LogP contribution in [0.15, 0.2) is 0 Å². The SMILES string of the molecule is CC(COCC1CCOC1)C(=O)O. The van der Waals surface area contributed by atoms with Gasteiger partial charge in [-0.2, -0.15) is 0 Å². The molecule has 0 saturated carbocycles. The summed E-state index contributed by atoms with van der Waals surface area (Å²) < 4.78 is 10.4. The maximum absolute atomic E-state index is 10.4. The molecule has 0 aromatic rings. The maximum atomic E-state index is 10.4. The molecule has 1 aliphatic rings. The molecular formula is C9H16O4. The average molecular weight is 188 g/mol. The van der Waals surface area contributed by atoms with E-state index in [0.717, 1.165) is 19.6 Å². The summed E-state index contributed by atoms with van der Waals surface area (Å²) in [6.07, 6.45) is 1.03. The molecule has 0 radical (unpaired) electrons. The van der Waals surface area contributed by atoms with Crippen LogP contribution in [-0.2, 0) is 14.3 Å². The predicted octanol–water partition coefficient (Wildman–Crippen LogP) is 0.760. The van der Waals surface area contributed by atoms with E-state index in [0.29, 0.717) is 19.1 Å². The lowest BCUT2D eigenvalue weighted by molar-refractivity contribution is -0.143. The van der Waals surface area contributed by atoms with Crippen molar-refractivity contribution >= 4 is 5.97 Å². The first-order valence-corrected chi connectivity index (χ1v) is 4.58. The molecule has 13 heavy (non-hydrogen) atoms. The van der Waals surface area contributed by atoms with Crippen molar-refractivity contribution in [1.29, 1.82) is 0 Å². The van der Waals surface area contributed by atoms with Crippen molar-refractivity contribution in [3.8, 4) is 0 Å². The van der Waals surface area contributed by atoms with Crippen LogP contribution in [0.4, 0.5) is 0 Å². The molecule has 0 aliphatic carbocycles. The summed E-state index contributed by atoms with van der Waals surface area (Å²) in [6, 6.07) is 0. The van der Waals surface area contributed by atoms with Crippen molar-refractivity contribution in [1.82, 2.24) is 0 Å². The summed E-state index contributed by atoms with van der Waals surface area (Å²) in [5.41, 5.74) is 0. The highest BCUT2D eigenvalue weighted by Crippen LogP contribution is 2.12. The quantitative estimate of drug-likeness (QED) is 0.692. The monoisotopic (exact) mass is 188 g/mol. The van der Waals surface area contributed by atoms with Crippen LogP contribution < -0.4 is 0 Å². The van der Waals surface area contributed by atoms with E-state index in [1.165, 1.54) is 0 Å². The van der Waals surface area contributed by atoms with E-state index in [1.54, 1.807) is 6.92 Å². The first-order chi connectivity index (χ1) is 6.20. The van der Waals surface area contributed by atoms with Gasteiger partial charge in [-0.25, -0.2) is 0 Å². The molecule has 4 heteroatoms. The second-order valence-electron chi connectivity index (χ2n) is 3.51. The minimum Gasteiger partial charge on any atom is -0.481 e. The Balaban J connectivity index is 2.02. The molecule has 1 saturated heterocycles. The summed E-state index contributed by atoms with van der Waals surface area (Å²) in [5.74, 6) is -0.758. The van der Waals surface area contributed by atoms with Gasteiger partial charge in [0.25, 0.3) is 0 Å². The van der Waals surface area contributed by atoms with Gasteiger partial charge in [-0.1, -0.05) is 0 Å². The van der Waals surface area contributed by atoms with Crippen LogP contribution in [0, 0.1) is 11.8 Å². The Morgan fingerprint density at radius 2 is 2.54 bits per heavy atom. The van der Waals surface area contributed by atoms with Gasteiger partial charge in [0, 0.05) is 12.5 Å². The standard InChI is InChI=1S/C9H16O4/c1-7(9(10)11)4-13-6-8-2-3-12-5-8/h7-8H,2-6H2,1H3,(H,10,11). The van der Waals surface area contributed by atoms with E-state index in [1.807, 2.05) is 0 Å². The van der Waals surface area contributed by atoms with E-state index < -0.39 is 11.9 Å². The third kappa shape index (κ3) is 3.74. The zero-order valence-corrected chi connectivity index (χ0v) is 7.86. The second kappa shape index (κ2) is 5.19. The molecule has 0 spiro atoms. The van der Waals surface area contributed by atoms with Crippen LogP contribution in [-0.4, -0.2) is 37.5 Å². The smallest absolute Gasteiger partial charge is 0.308 e. The van der Waals surface area contributed by atoms with Crippen LogP contribution in [0.3, 0.4) is 0 Å². The lowest BCUT2D eigenvalue weighted by Crippen LogP contribution is -2.19. The third-order valence-corrected chi connectivity index (χ3v) is 2.17. The second-order valence-corrected chi connectivity index (χ2v) is 3.51. The van der Waals surface area contributed by atoms with Gasteiger partial charge in [-0.15, -0.1) is 0 Å². The van der Waals surface area contributed by atoms with E-state index in [2.05, 4.69) is 0 Å². The highest BCUT2D eigenvalue weighted by atomic mass is 16.5. The normalized spacial score (nSPS) is 24.5. The summed E-state index contributed by atoms with van der Waals surface area (Å²) in [6.45, 7) is 4.13. The van der Waals surface area contributed by atoms with Gasteiger partial charge in [0.1, 0.15) is 0 Å². The number of hydrogen-bond donors (Lipinski definition) is 1. The fourth-order valence-corrected chi connectivity index (χ4v) is 1.20. The lowest BCUT2D eigenvalue weighted by atomic mass is 10.1. The maximum Gasteiger partial charge on any atom is 0.308 e. The van der Waals surface area contributed by atoms with Gasteiger partial charge in [-0.05, 0) is 13.3 Å². The zero-order valence-electron chi connectivity index (χ0n) is 7.86. The third-order valence-electron chi connectivity index (χ3n) is 2.17. The molecule has 76 valence electrons. The molecule has 1 N–H and O–H groups in total. The van der Waals surface area contributed by atoms with Gasteiger partial charge in [0.15, 0.2) is 0 Å². The largest absolute Gasteiger partial charge is 0.481 e. The van der Waals surface area contributed by atoms with Crippen LogP contribution in [0.5, 0.6) is 0 Å². The highest BCUT2D eigenvalue weighted by molar-refractivity contribution is 5.69. The van der Waals surface area contributed by atoms with Crippen molar-refractivity contribution < 1.29 is 19.4 Å². The van der Waals surface area contributed by atoms with Crippen molar-refractivity contribution in [3.05, 3.63) is 0 Å². The Hall–Kier alpha value is -0.610. The molecule has 0 aromatic carbocycles. The van der Waals surface area contributed by atoms with E-state index in [4.69, 9.17) is 14.6 Å². The number of aliphatic carboxylic acids is 1. The first kappa shape index (κ1) is 10.5. The molecule has 4 nitrogen and oxygen atoms in total. The van der Waals surface area contributed by atoms with Gasteiger partial charge < -0.3 is 14.6 Å². The molecule has 0 aromatic heterocycles. The molecule has 0 bridgehead atoms. The highest BCUT2D eigenvalue weighted by Gasteiger charge is 2.17. The number of carboxylic acids is 1. The number of hydrogen-bond acceptors (Lipinski definition) is 3. The zero-order chi connectivity index (χ0) is 9.68. The number of carbonyl (C=O) groups is 1. The topological polar surface area (TPSA) is 55.8 Å².